The maximum Gasteiger partial charge on any atom is 0.313 e. The maximum absolute atomic E-state index is 11.7. The number of carbonyl (C=O) groups excluding carboxylic acids is 1. The highest BCUT2D eigenvalue weighted by atomic mass is 16.5. The molecule has 94 valence electrons. The fourth-order valence-corrected chi connectivity index (χ4v) is 1.57. The third kappa shape index (κ3) is 3.12. The molecular formula is C13H18O4. The molecule has 0 spiro atoms. The molecule has 0 fully saturated rings. The fourth-order valence-electron chi connectivity index (χ4n) is 1.57. The lowest BCUT2D eigenvalue weighted by atomic mass is 10.00. The van der Waals surface area contributed by atoms with Gasteiger partial charge in [0.1, 0.15) is 11.5 Å². The van der Waals surface area contributed by atoms with Gasteiger partial charge in [-0.05, 0) is 32.0 Å². The summed E-state index contributed by atoms with van der Waals surface area (Å²) >= 11 is 0. The minimum atomic E-state index is -0.375. The Kier molecular flexibility index (Phi) is 4.82. The molecule has 1 aromatic rings. The fraction of sp³-hybridized carbons (Fsp3) is 0.462. The van der Waals surface area contributed by atoms with Crippen molar-refractivity contribution < 1.29 is 19.0 Å². The van der Waals surface area contributed by atoms with Crippen LogP contribution in [0, 0.1) is 0 Å². The Morgan fingerprint density at radius 1 is 1.29 bits per heavy atom. The molecule has 0 aliphatic rings. The topological polar surface area (TPSA) is 44.8 Å². The molecule has 1 atom stereocenters. The Morgan fingerprint density at radius 2 is 2.00 bits per heavy atom. The first-order valence-corrected chi connectivity index (χ1v) is 5.52. The minimum Gasteiger partial charge on any atom is -0.497 e. The van der Waals surface area contributed by atoms with E-state index in [-0.39, 0.29) is 11.9 Å². The van der Waals surface area contributed by atoms with Crippen molar-refractivity contribution in [3.05, 3.63) is 23.8 Å². The highest BCUT2D eigenvalue weighted by Gasteiger charge is 2.20. The molecule has 4 heteroatoms. The second-order valence-electron chi connectivity index (χ2n) is 3.58. The van der Waals surface area contributed by atoms with Crippen molar-refractivity contribution in [3.8, 4) is 11.5 Å². The number of carbonyl (C=O) groups is 1. The van der Waals surface area contributed by atoms with Crippen molar-refractivity contribution in [2.45, 2.75) is 19.8 Å². The lowest BCUT2D eigenvalue weighted by Crippen LogP contribution is -2.14. The monoisotopic (exact) mass is 238 g/mol. The summed E-state index contributed by atoms with van der Waals surface area (Å²) < 4.78 is 15.4. The Bertz CT molecular complexity index is 387. The Morgan fingerprint density at radius 3 is 2.53 bits per heavy atom. The quantitative estimate of drug-likeness (QED) is 0.739. The standard InChI is InChI=1S/C13H18O4/c1-5-17-13(14)9(2)11-8-10(15-3)6-7-12(11)16-4/h6-9H,5H2,1-4H3. The third-order valence-electron chi connectivity index (χ3n) is 2.54. The van der Waals surface area contributed by atoms with Crippen molar-refractivity contribution in [2.75, 3.05) is 20.8 Å². The lowest BCUT2D eigenvalue weighted by molar-refractivity contribution is -0.144. The molecule has 0 N–H and O–H groups in total. The smallest absolute Gasteiger partial charge is 0.313 e. The molecule has 0 aromatic heterocycles. The molecule has 0 saturated heterocycles. The number of esters is 1. The van der Waals surface area contributed by atoms with Crippen molar-refractivity contribution in [3.63, 3.8) is 0 Å². The number of rotatable bonds is 5. The van der Waals surface area contributed by atoms with Gasteiger partial charge >= 0.3 is 5.97 Å². The summed E-state index contributed by atoms with van der Waals surface area (Å²) in [5.74, 6) is 0.711. The van der Waals surface area contributed by atoms with E-state index < -0.39 is 0 Å². The summed E-state index contributed by atoms with van der Waals surface area (Å²) in [6.07, 6.45) is 0. The Labute approximate surface area is 101 Å². The van der Waals surface area contributed by atoms with Crippen LogP contribution in [0.1, 0.15) is 25.3 Å². The van der Waals surface area contributed by atoms with E-state index in [9.17, 15) is 4.79 Å². The molecule has 1 unspecified atom stereocenters. The second kappa shape index (κ2) is 6.13. The molecule has 1 rings (SSSR count). The second-order valence-corrected chi connectivity index (χ2v) is 3.58. The highest BCUT2D eigenvalue weighted by Crippen LogP contribution is 2.31. The molecule has 0 saturated carbocycles. The van der Waals surface area contributed by atoms with Crippen LogP contribution in [0.5, 0.6) is 11.5 Å². The van der Waals surface area contributed by atoms with Gasteiger partial charge in [-0.25, -0.2) is 0 Å². The van der Waals surface area contributed by atoms with Crippen LogP contribution in [0.15, 0.2) is 18.2 Å². The normalized spacial score (nSPS) is 11.8. The SMILES string of the molecule is CCOC(=O)C(C)c1cc(OC)ccc1OC. The van der Waals surface area contributed by atoms with Gasteiger partial charge in [0.15, 0.2) is 0 Å². The molecule has 1 aromatic carbocycles. The number of hydrogen-bond acceptors (Lipinski definition) is 4. The van der Waals surface area contributed by atoms with Crippen LogP contribution in [-0.2, 0) is 9.53 Å². The third-order valence-corrected chi connectivity index (χ3v) is 2.54. The molecule has 4 nitrogen and oxygen atoms in total. The van der Waals surface area contributed by atoms with Crippen molar-refractivity contribution in [1.82, 2.24) is 0 Å². The molecule has 0 aliphatic heterocycles. The lowest BCUT2D eigenvalue weighted by Gasteiger charge is -2.15. The van der Waals surface area contributed by atoms with Crippen LogP contribution in [0.3, 0.4) is 0 Å². The zero-order valence-electron chi connectivity index (χ0n) is 10.6. The maximum atomic E-state index is 11.7. The van der Waals surface area contributed by atoms with Crippen molar-refractivity contribution in [1.29, 1.82) is 0 Å². The number of ether oxygens (including phenoxy) is 3. The van der Waals surface area contributed by atoms with E-state index in [1.807, 2.05) is 0 Å². The van der Waals surface area contributed by atoms with Gasteiger partial charge in [-0.3, -0.25) is 4.79 Å². The summed E-state index contributed by atoms with van der Waals surface area (Å²) in [7, 11) is 3.16. The first kappa shape index (κ1) is 13.4. The first-order chi connectivity index (χ1) is 8.13. The van der Waals surface area contributed by atoms with E-state index in [0.717, 1.165) is 5.56 Å². The van der Waals surface area contributed by atoms with Crippen LogP contribution in [0.4, 0.5) is 0 Å². The summed E-state index contributed by atoms with van der Waals surface area (Å²) in [6, 6.07) is 5.37. The molecule has 0 aliphatic carbocycles. The zero-order valence-corrected chi connectivity index (χ0v) is 10.6. The average Bonchev–Trinajstić information content (AvgIpc) is 2.37. The largest absolute Gasteiger partial charge is 0.497 e. The number of benzene rings is 1. The summed E-state index contributed by atoms with van der Waals surface area (Å²) in [5, 5.41) is 0. The Balaban J connectivity index is 3.04. The Hall–Kier alpha value is -1.71. The molecule has 17 heavy (non-hydrogen) atoms. The predicted molar refractivity (Wildman–Crippen MR) is 64.6 cm³/mol. The molecular weight excluding hydrogens is 220 g/mol. The van der Waals surface area contributed by atoms with Crippen LogP contribution in [0.2, 0.25) is 0 Å². The van der Waals surface area contributed by atoms with E-state index >= 15 is 0 Å². The van der Waals surface area contributed by atoms with Crippen LogP contribution in [0.25, 0.3) is 0 Å². The zero-order chi connectivity index (χ0) is 12.8. The highest BCUT2D eigenvalue weighted by molar-refractivity contribution is 5.79. The van der Waals surface area contributed by atoms with Crippen molar-refractivity contribution >= 4 is 5.97 Å². The van der Waals surface area contributed by atoms with Gasteiger partial charge in [0.05, 0.1) is 26.7 Å². The summed E-state index contributed by atoms with van der Waals surface area (Å²) in [4.78, 5) is 11.7. The van der Waals surface area contributed by atoms with E-state index in [0.29, 0.717) is 18.1 Å². The van der Waals surface area contributed by atoms with E-state index in [4.69, 9.17) is 14.2 Å². The van der Waals surface area contributed by atoms with Gasteiger partial charge in [-0.1, -0.05) is 0 Å². The van der Waals surface area contributed by atoms with Crippen LogP contribution >= 0.6 is 0 Å². The van der Waals surface area contributed by atoms with Gasteiger partial charge in [0.2, 0.25) is 0 Å². The average molecular weight is 238 g/mol. The number of methoxy groups -OCH3 is 2. The number of hydrogen-bond donors (Lipinski definition) is 0. The van der Waals surface area contributed by atoms with Gasteiger partial charge in [-0.15, -0.1) is 0 Å². The van der Waals surface area contributed by atoms with Gasteiger partial charge < -0.3 is 14.2 Å². The van der Waals surface area contributed by atoms with Crippen LogP contribution in [-0.4, -0.2) is 26.8 Å². The first-order valence-electron chi connectivity index (χ1n) is 5.52. The molecule has 0 radical (unpaired) electrons. The molecule has 0 bridgehead atoms. The predicted octanol–water partition coefficient (Wildman–Crippen LogP) is 2.37. The molecule has 0 amide bonds. The van der Waals surface area contributed by atoms with E-state index in [1.165, 1.54) is 0 Å². The van der Waals surface area contributed by atoms with Crippen LogP contribution < -0.4 is 9.47 Å². The van der Waals surface area contributed by atoms with Gasteiger partial charge in [0, 0.05) is 5.56 Å². The minimum absolute atomic E-state index is 0.265. The van der Waals surface area contributed by atoms with E-state index in [1.54, 1.807) is 46.3 Å². The van der Waals surface area contributed by atoms with E-state index in [2.05, 4.69) is 0 Å². The van der Waals surface area contributed by atoms with Gasteiger partial charge in [0.25, 0.3) is 0 Å². The molecule has 0 heterocycles. The van der Waals surface area contributed by atoms with Gasteiger partial charge in [-0.2, -0.15) is 0 Å². The van der Waals surface area contributed by atoms with Crippen molar-refractivity contribution in [2.24, 2.45) is 0 Å². The summed E-state index contributed by atoms with van der Waals surface area (Å²) in [6.45, 7) is 3.94. The summed E-state index contributed by atoms with van der Waals surface area (Å²) in [5.41, 5.74) is 0.769.